The van der Waals surface area contributed by atoms with Crippen LogP contribution in [0.2, 0.25) is 0 Å². The van der Waals surface area contributed by atoms with E-state index in [4.69, 9.17) is 24.3 Å². The number of thiazole rings is 1. The van der Waals surface area contributed by atoms with Crippen LogP contribution in [0.25, 0.3) is 22.2 Å². The standard InChI is InChI=1S/C27H22BrFN4O3S/c1-34-24-10-16(11-25(35-2)26(24)36-3)23-15-37-27(32-20-7-5-19(29)6-8-20)33(23)31-14-17-13-30-22-9-4-18(28)12-21(17)22/h4-15,30H,1-3H3. The van der Waals surface area contributed by atoms with E-state index < -0.39 is 0 Å². The fourth-order valence-electron chi connectivity index (χ4n) is 3.88. The number of hydrogen-bond acceptors (Lipinski definition) is 6. The Labute approximate surface area is 224 Å². The number of nitrogens with zero attached hydrogens (tertiary/aromatic N) is 3. The molecule has 0 unspecified atom stereocenters. The van der Waals surface area contributed by atoms with Gasteiger partial charge in [0, 0.05) is 38.1 Å². The fraction of sp³-hybridized carbons (Fsp3) is 0.111. The van der Waals surface area contributed by atoms with Crippen LogP contribution in [0.15, 0.2) is 80.7 Å². The number of nitrogens with one attached hydrogen (secondary N) is 1. The second-order valence-electron chi connectivity index (χ2n) is 7.90. The lowest BCUT2D eigenvalue weighted by atomic mass is 10.1. The number of H-pyrrole nitrogens is 1. The normalized spacial score (nSPS) is 12.0. The zero-order chi connectivity index (χ0) is 25.9. The van der Waals surface area contributed by atoms with E-state index in [9.17, 15) is 4.39 Å². The predicted octanol–water partition coefficient (Wildman–Crippen LogP) is 6.74. The van der Waals surface area contributed by atoms with Gasteiger partial charge in [-0.1, -0.05) is 15.9 Å². The second-order valence-corrected chi connectivity index (χ2v) is 9.65. The van der Waals surface area contributed by atoms with E-state index in [0.29, 0.717) is 27.7 Å². The Morgan fingerprint density at radius 1 is 0.973 bits per heavy atom. The summed E-state index contributed by atoms with van der Waals surface area (Å²) in [5.41, 5.74) is 4.09. The van der Waals surface area contributed by atoms with Gasteiger partial charge in [0.25, 0.3) is 0 Å². The van der Waals surface area contributed by atoms with E-state index in [2.05, 4.69) is 20.9 Å². The molecule has 0 fully saturated rings. The Hall–Kier alpha value is -3.89. The second kappa shape index (κ2) is 10.6. The largest absolute Gasteiger partial charge is 0.493 e. The molecule has 188 valence electrons. The Morgan fingerprint density at radius 3 is 2.38 bits per heavy atom. The maximum absolute atomic E-state index is 13.5. The fourth-order valence-corrected chi connectivity index (χ4v) is 5.10. The van der Waals surface area contributed by atoms with Crippen molar-refractivity contribution in [1.82, 2.24) is 9.66 Å². The Kier molecular flexibility index (Phi) is 7.11. The number of rotatable bonds is 7. The first-order chi connectivity index (χ1) is 18.0. The van der Waals surface area contributed by atoms with Crippen molar-refractivity contribution < 1.29 is 18.6 Å². The molecular weight excluding hydrogens is 559 g/mol. The highest BCUT2D eigenvalue weighted by atomic mass is 79.9. The summed E-state index contributed by atoms with van der Waals surface area (Å²) in [4.78, 5) is 8.60. The van der Waals surface area contributed by atoms with E-state index in [1.165, 1.54) is 23.5 Å². The van der Waals surface area contributed by atoms with Crippen molar-refractivity contribution in [3.63, 3.8) is 0 Å². The van der Waals surface area contributed by atoms with E-state index in [0.717, 1.165) is 32.2 Å². The van der Waals surface area contributed by atoms with Crippen molar-refractivity contribution in [2.75, 3.05) is 21.3 Å². The molecule has 0 radical (unpaired) electrons. The van der Waals surface area contributed by atoms with Crippen LogP contribution in [0.4, 0.5) is 10.1 Å². The minimum absolute atomic E-state index is 0.320. The molecule has 0 aliphatic heterocycles. The number of benzene rings is 3. The number of aromatic amines is 1. The van der Waals surface area contributed by atoms with Gasteiger partial charge < -0.3 is 19.2 Å². The molecule has 7 nitrogen and oxygen atoms in total. The van der Waals surface area contributed by atoms with Gasteiger partial charge in [-0.2, -0.15) is 5.10 Å². The van der Waals surface area contributed by atoms with Gasteiger partial charge in [-0.25, -0.2) is 14.1 Å². The molecule has 0 atom stereocenters. The summed E-state index contributed by atoms with van der Waals surface area (Å²) in [5.74, 6) is 1.23. The molecule has 10 heteroatoms. The third-order valence-corrected chi connectivity index (χ3v) is 6.99. The number of hydrogen-bond donors (Lipinski definition) is 1. The molecule has 1 N–H and O–H groups in total. The molecule has 5 rings (SSSR count). The lowest BCUT2D eigenvalue weighted by Crippen LogP contribution is -2.11. The molecule has 2 aromatic heterocycles. The number of aromatic nitrogens is 2. The van der Waals surface area contributed by atoms with Crippen molar-refractivity contribution in [3.8, 4) is 28.5 Å². The number of fused-ring (bicyclic) bond motifs is 1. The number of ether oxygens (including phenoxy) is 3. The topological polar surface area (TPSA) is 73.1 Å². The summed E-state index contributed by atoms with van der Waals surface area (Å²) >= 11 is 4.95. The molecule has 0 saturated heterocycles. The highest BCUT2D eigenvalue weighted by Crippen LogP contribution is 2.41. The minimum Gasteiger partial charge on any atom is -0.493 e. The quantitative estimate of drug-likeness (QED) is 0.217. The molecule has 37 heavy (non-hydrogen) atoms. The number of halogens is 2. The lowest BCUT2D eigenvalue weighted by Gasteiger charge is -2.14. The van der Waals surface area contributed by atoms with Crippen LogP contribution in [0, 0.1) is 5.82 Å². The average molecular weight is 581 g/mol. The first kappa shape index (κ1) is 24.8. The van der Waals surface area contributed by atoms with Gasteiger partial charge in [-0.15, -0.1) is 11.3 Å². The summed E-state index contributed by atoms with van der Waals surface area (Å²) in [5, 5.41) is 7.80. The molecule has 0 aliphatic carbocycles. The molecular formula is C27H22BrFN4O3S. The first-order valence-electron chi connectivity index (χ1n) is 11.1. The highest BCUT2D eigenvalue weighted by Gasteiger charge is 2.17. The van der Waals surface area contributed by atoms with Crippen LogP contribution in [0.5, 0.6) is 17.2 Å². The van der Waals surface area contributed by atoms with Gasteiger partial charge in [-0.3, -0.25) is 0 Å². The third-order valence-electron chi connectivity index (χ3n) is 5.69. The molecule has 2 heterocycles. The minimum atomic E-state index is -0.320. The SMILES string of the molecule is COc1cc(-c2csc(=Nc3ccc(F)cc3)n2N=Cc2c[nH]c3ccc(Br)cc23)cc(OC)c1OC. The predicted molar refractivity (Wildman–Crippen MR) is 148 cm³/mol. The van der Waals surface area contributed by atoms with Crippen molar-refractivity contribution in [2.24, 2.45) is 10.1 Å². The van der Waals surface area contributed by atoms with Crippen LogP contribution in [0.3, 0.4) is 0 Å². The highest BCUT2D eigenvalue weighted by molar-refractivity contribution is 9.10. The Balaban J connectivity index is 1.69. The van der Waals surface area contributed by atoms with Crippen LogP contribution < -0.4 is 19.0 Å². The van der Waals surface area contributed by atoms with E-state index in [-0.39, 0.29) is 5.82 Å². The molecule has 3 aromatic carbocycles. The van der Waals surface area contributed by atoms with Crippen molar-refractivity contribution in [3.05, 3.63) is 86.8 Å². The molecule has 0 amide bonds. The van der Waals surface area contributed by atoms with Crippen LogP contribution in [-0.4, -0.2) is 37.2 Å². The molecule has 0 aliphatic rings. The van der Waals surface area contributed by atoms with Gasteiger partial charge in [0.05, 0.1) is 38.9 Å². The summed E-state index contributed by atoms with van der Waals surface area (Å²) in [6.07, 6.45) is 3.69. The average Bonchev–Trinajstić information content (AvgIpc) is 3.51. The van der Waals surface area contributed by atoms with E-state index in [1.807, 2.05) is 41.9 Å². The van der Waals surface area contributed by atoms with Crippen LogP contribution in [0.1, 0.15) is 5.56 Å². The zero-order valence-corrected chi connectivity index (χ0v) is 22.6. The molecule has 0 spiro atoms. The molecule has 5 aromatic rings. The maximum Gasteiger partial charge on any atom is 0.211 e. The van der Waals surface area contributed by atoms with Crippen molar-refractivity contribution in [1.29, 1.82) is 0 Å². The van der Waals surface area contributed by atoms with Gasteiger partial charge >= 0.3 is 0 Å². The molecule has 0 bridgehead atoms. The van der Waals surface area contributed by atoms with Gasteiger partial charge in [0.15, 0.2) is 11.5 Å². The van der Waals surface area contributed by atoms with Crippen LogP contribution >= 0.6 is 27.3 Å². The van der Waals surface area contributed by atoms with Gasteiger partial charge in [0.1, 0.15) is 5.82 Å². The summed E-state index contributed by atoms with van der Waals surface area (Å²) in [6.45, 7) is 0. The summed E-state index contributed by atoms with van der Waals surface area (Å²) < 4.78 is 32.8. The Bertz CT molecular complexity index is 1650. The van der Waals surface area contributed by atoms with Gasteiger partial charge in [-0.05, 0) is 54.6 Å². The maximum atomic E-state index is 13.5. The number of methoxy groups -OCH3 is 3. The monoisotopic (exact) mass is 580 g/mol. The Morgan fingerprint density at radius 2 is 1.70 bits per heavy atom. The molecule has 0 saturated carbocycles. The third kappa shape index (κ3) is 5.03. The summed E-state index contributed by atoms with van der Waals surface area (Å²) in [7, 11) is 4.71. The first-order valence-corrected chi connectivity index (χ1v) is 12.8. The van der Waals surface area contributed by atoms with Crippen molar-refractivity contribution >= 4 is 50.1 Å². The lowest BCUT2D eigenvalue weighted by molar-refractivity contribution is 0.324. The van der Waals surface area contributed by atoms with Crippen molar-refractivity contribution in [2.45, 2.75) is 0 Å². The zero-order valence-electron chi connectivity index (χ0n) is 20.2. The van der Waals surface area contributed by atoms with E-state index >= 15 is 0 Å². The van der Waals surface area contributed by atoms with E-state index in [1.54, 1.807) is 44.4 Å². The van der Waals surface area contributed by atoms with Gasteiger partial charge in [0.2, 0.25) is 10.6 Å². The van der Waals surface area contributed by atoms with Crippen LogP contribution in [-0.2, 0) is 0 Å². The smallest absolute Gasteiger partial charge is 0.211 e. The summed E-state index contributed by atoms with van der Waals surface area (Å²) in [6, 6.07) is 15.8.